The number of nitrogens with one attached hydrogen (secondary N) is 2. The summed E-state index contributed by atoms with van der Waals surface area (Å²) < 4.78 is 4.91. The lowest BCUT2D eigenvalue weighted by Gasteiger charge is -2.15. The lowest BCUT2D eigenvalue weighted by atomic mass is 10.1. The molecule has 1 amide bonds. The maximum atomic E-state index is 11.9. The molecule has 2 N–H and O–H groups in total. The summed E-state index contributed by atoms with van der Waals surface area (Å²) in [6, 6.07) is 1.70. The topological polar surface area (TPSA) is 87.0 Å². The molecule has 2 rings (SSSR count). The van der Waals surface area contributed by atoms with Gasteiger partial charge in [0.2, 0.25) is 5.91 Å². The molecule has 2 aromatic rings. The van der Waals surface area contributed by atoms with Gasteiger partial charge in [0.1, 0.15) is 5.76 Å². The molecule has 0 saturated carbocycles. The van der Waals surface area contributed by atoms with E-state index in [4.69, 9.17) is 4.52 Å². The Bertz CT molecular complexity index is 612. The molecule has 0 aliphatic carbocycles. The molecule has 0 aliphatic rings. The van der Waals surface area contributed by atoms with Crippen LogP contribution in [0.2, 0.25) is 0 Å². The highest BCUT2D eigenvalue weighted by molar-refractivity contribution is 5.91. The molecule has 0 aromatic carbocycles. The predicted octanol–water partition coefficient (Wildman–Crippen LogP) is 1.83. The number of hydrogen-bond donors (Lipinski definition) is 2. The fourth-order valence-electron chi connectivity index (χ4n) is 2.40. The molecule has 0 spiro atoms. The summed E-state index contributed by atoms with van der Waals surface area (Å²) in [6.45, 7) is 7.00. The molecule has 0 radical (unpaired) electrons. The molecule has 0 atom stereocenters. The van der Waals surface area contributed by atoms with E-state index in [1.807, 2.05) is 25.8 Å². The van der Waals surface area contributed by atoms with Crippen molar-refractivity contribution in [1.29, 1.82) is 0 Å². The fraction of sp³-hybridized carbons (Fsp3) is 0.533. The molecule has 0 bridgehead atoms. The molecule has 0 fully saturated rings. The summed E-state index contributed by atoms with van der Waals surface area (Å²) >= 11 is 0. The quantitative estimate of drug-likeness (QED) is 0.815. The molecule has 120 valence electrons. The van der Waals surface area contributed by atoms with Gasteiger partial charge in [-0.3, -0.25) is 14.8 Å². The number of H-pyrrole nitrogens is 1. The summed E-state index contributed by atoms with van der Waals surface area (Å²) in [5, 5.41) is 13.6. The summed E-state index contributed by atoms with van der Waals surface area (Å²) in [5.41, 5.74) is 3.45. The van der Waals surface area contributed by atoms with Gasteiger partial charge in [-0.15, -0.1) is 0 Å². The van der Waals surface area contributed by atoms with Gasteiger partial charge < -0.3 is 9.84 Å². The highest BCUT2D eigenvalue weighted by Gasteiger charge is 2.10. The number of hydrogen-bond acceptors (Lipinski definition) is 5. The lowest BCUT2D eigenvalue weighted by molar-refractivity contribution is -0.117. The van der Waals surface area contributed by atoms with Crippen molar-refractivity contribution in [3.8, 4) is 0 Å². The zero-order valence-electron chi connectivity index (χ0n) is 13.6. The molecule has 0 saturated heterocycles. The number of aryl methyl sites for hydroxylation is 3. The number of aromatic amines is 1. The highest BCUT2D eigenvalue weighted by Crippen LogP contribution is 2.12. The van der Waals surface area contributed by atoms with Gasteiger partial charge in [0.15, 0.2) is 5.82 Å². The number of carbonyl (C=O) groups is 1. The Kier molecular flexibility index (Phi) is 5.32. The van der Waals surface area contributed by atoms with Crippen LogP contribution in [0.5, 0.6) is 0 Å². The molecule has 0 aliphatic heterocycles. The average Bonchev–Trinajstić information content (AvgIpc) is 2.98. The Labute approximate surface area is 130 Å². The van der Waals surface area contributed by atoms with Crippen LogP contribution in [0.1, 0.15) is 29.1 Å². The van der Waals surface area contributed by atoms with Crippen molar-refractivity contribution < 1.29 is 9.32 Å². The monoisotopic (exact) mass is 305 g/mol. The molecular formula is C15H23N5O2. The minimum absolute atomic E-state index is 0.0912. The van der Waals surface area contributed by atoms with E-state index >= 15 is 0 Å². The normalized spacial score (nSPS) is 11.1. The molecule has 0 unspecified atom stereocenters. The Hall–Kier alpha value is -2.15. The first-order chi connectivity index (χ1) is 10.5. The van der Waals surface area contributed by atoms with Crippen LogP contribution in [0, 0.1) is 20.8 Å². The van der Waals surface area contributed by atoms with E-state index in [1.54, 1.807) is 13.0 Å². The summed E-state index contributed by atoms with van der Waals surface area (Å²) in [5.74, 6) is 1.04. The number of nitrogens with zero attached hydrogens (tertiary/aromatic N) is 3. The van der Waals surface area contributed by atoms with Crippen LogP contribution in [0.25, 0.3) is 0 Å². The lowest BCUT2D eigenvalue weighted by Crippen LogP contribution is -2.31. The number of aromatic nitrogens is 3. The smallest absolute Gasteiger partial charge is 0.239 e. The van der Waals surface area contributed by atoms with Crippen LogP contribution in [-0.2, 0) is 11.2 Å². The van der Waals surface area contributed by atoms with E-state index in [1.165, 1.54) is 5.56 Å². The van der Waals surface area contributed by atoms with Crippen molar-refractivity contribution in [2.24, 2.45) is 0 Å². The standard InChI is InChI=1S/C15H23N5O2/c1-10-8-14(19-22-10)16-15(21)9-20(4)7-5-6-13-11(2)17-18-12(13)3/h8H,5-7,9H2,1-4H3,(H,17,18)(H,16,19,21). The van der Waals surface area contributed by atoms with Crippen molar-refractivity contribution in [1.82, 2.24) is 20.3 Å². The van der Waals surface area contributed by atoms with Crippen LogP contribution in [0.4, 0.5) is 5.82 Å². The van der Waals surface area contributed by atoms with Gasteiger partial charge in [-0.25, -0.2) is 0 Å². The van der Waals surface area contributed by atoms with E-state index in [9.17, 15) is 4.79 Å². The van der Waals surface area contributed by atoms with E-state index < -0.39 is 0 Å². The number of rotatable bonds is 7. The van der Waals surface area contributed by atoms with Crippen LogP contribution < -0.4 is 5.32 Å². The first-order valence-corrected chi connectivity index (χ1v) is 7.38. The Morgan fingerprint density at radius 3 is 2.77 bits per heavy atom. The van der Waals surface area contributed by atoms with E-state index in [0.717, 1.165) is 30.8 Å². The zero-order chi connectivity index (χ0) is 16.1. The van der Waals surface area contributed by atoms with Crippen molar-refractivity contribution in [2.75, 3.05) is 25.5 Å². The van der Waals surface area contributed by atoms with Crippen molar-refractivity contribution in [3.63, 3.8) is 0 Å². The number of anilines is 1. The SMILES string of the molecule is Cc1cc(NC(=O)CN(C)CCCc2c(C)n[nH]c2C)no1. The maximum absolute atomic E-state index is 11.9. The van der Waals surface area contributed by atoms with Gasteiger partial charge in [0.25, 0.3) is 0 Å². The third-order valence-electron chi connectivity index (χ3n) is 3.56. The van der Waals surface area contributed by atoms with Crippen LogP contribution >= 0.6 is 0 Å². The maximum Gasteiger partial charge on any atom is 0.239 e. The number of likely N-dealkylation sites (N-methyl/N-ethyl adjacent to an activating group) is 1. The van der Waals surface area contributed by atoms with Crippen molar-refractivity contribution >= 4 is 11.7 Å². The van der Waals surface area contributed by atoms with Crippen LogP contribution in [0.3, 0.4) is 0 Å². The van der Waals surface area contributed by atoms with Gasteiger partial charge in [-0.1, -0.05) is 5.16 Å². The Balaban J connectivity index is 1.71. The Morgan fingerprint density at radius 2 is 2.18 bits per heavy atom. The van der Waals surface area contributed by atoms with Gasteiger partial charge in [0.05, 0.1) is 12.2 Å². The zero-order valence-corrected chi connectivity index (χ0v) is 13.6. The second kappa shape index (κ2) is 7.22. The first kappa shape index (κ1) is 16.2. The largest absolute Gasteiger partial charge is 0.360 e. The molecule has 7 heteroatoms. The molecule has 7 nitrogen and oxygen atoms in total. The third kappa shape index (κ3) is 4.42. The first-order valence-electron chi connectivity index (χ1n) is 7.38. The van der Waals surface area contributed by atoms with Gasteiger partial charge >= 0.3 is 0 Å². The highest BCUT2D eigenvalue weighted by atomic mass is 16.5. The van der Waals surface area contributed by atoms with Gasteiger partial charge in [-0.2, -0.15) is 5.10 Å². The molecular weight excluding hydrogens is 282 g/mol. The average molecular weight is 305 g/mol. The third-order valence-corrected chi connectivity index (χ3v) is 3.56. The molecule has 22 heavy (non-hydrogen) atoms. The van der Waals surface area contributed by atoms with Crippen LogP contribution in [0.15, 0.2) is 10.6 Å². The minimum Gasteiger partial charge on any atom is -0.360 e. The van der Waals surface area contributed by atoms with Crippen molar-refractivity contribution in [3.05, 3.63) is 28.8 Å². The fourth-order valence-corrected chi connectivity index (χ4v) is 2.40. The van der Waals surface area contributed by atoms with Gasteiger partial charge in [-0.05, 0) is 52.8 Å². The van der Waals surface area contributed by atoms with E-state index in [0.29, 0.717) is 18.1 Å². The predicted molar refractivity (Wildman–Crippen MR) is 83.7 cm³/mol. The Morgan fingerprint density at radius 1 is 1.41 bits per heavy atom. The van der Waals surface area contributed by atoms with Crippen LogP contribution in [-0.4, -0.2) is 46.3 Å². The van der Waals surface area contributed by atoms with E-state index in [-0.39, 0.29) is 5.91 Å². The summed E-state index contributed by atoms with van der Waals surface area (Å²) in [7, 11) is 1.93. The van der Waals surface area contributed by atoms with Gasteiger partial charge in [0, 0.05) is 11.8 Å². The van der Waals surface area contributed by atoms with E-state index in [2.05, 4.69) is 20.7 Å². The summed E-state index contributed by atoms with van der Waals surface area (Å²) in [4.78, 5) is 13.9. The number of amides is 1. The minimum atomic E-state index is -0.0912. The van der Waals surface area contributed by atoms with Crippen molar-refractivity contribution in [2.45, 2.75) is 33.6 Å². The second-order valence-electron chi connectivity index (χ2n) is 5.62. The number of carbonyl (C=O) groups excluding carboxylic acids is 1. The molecule has 2 heterocycles. The second-order valence-corrected chi connectivity index (χ2v) is 5.62. The summed E-state index contributed by atoms with van der Waals surface area (Å²) in [6.07, 6.45) is 1.94. The molecule has 2 aromatic heterocycles.